The predicted molar refractivity (Wildman–Crippen MR) is 69.4 cm³/mol. The van der Waals surface area contributed by atoms with Gasteiger partial charge >= 0.3 is 0 Å². The fraction of sp³-hybridized carbons (Fsp3) is 0.867. The lowest BCUT2D eigenvalue weighted by molar-refractivity contribution is -0.314. The zero-order chi connectivity index (χ0) is 14.3. The Morgan fingerprint density at radius 1 is 1.20 bits per heavy atom. The summed E-state index contributed by atoms with van der Waals surface area (Å²) in [4.78, 5) is 23.8. The molecular formula is C15H22NO4-. The maximum absolute atomic E-state index is 12.5. The van der Waals surface area contributed by atoms with Gasteiger partial charge in [-0.3, -0.25) is 4.79 Å². The number of carboxylic acid groups (broad SMARTS) is 1. The topological polar surface area (TPSA) is 78.5 Å². The highest BCUT2D eigenvalue weighted by molar-refractivity contribution is 5.85. The zero-order valence-electron chi connectivity index (χ0n) is 11.8. The Balaban J connectivity index is 1.65. The molecule has 1 saturated heterocycles. The van der Waals surface area contributed by atoms with Gasteiger partial charge in [0.25, 0.3) is 0 Å². The van der Waals surface area contributed by atoms with E-state index < -0.39 is 17.8 Å². The first kappa shape index (κ1) is 13.9. The third-order valence-corrected chi connectivity index (χ3v) is 5.38. The summed E-state index contributed by atoms with van der Waals surface area (Å²) < 4.78 is 5.57. The van der Waals surface area contributed by atoms with E-state index in [2.05, 4.69) is 5.32 Å². The van der Waals surface area contributed by atoms with E-state index in [0.29, 0.717) is 0 Å². The molecule has 6 atom stereocenters. The van der Waals surface area contributed by atoms with Crippen LogP contribution in [0.15, 0.2) is 0 Å². The fourth-order valence-corrected chi connectivity index (χ4v) is 4.42. The number of nitrogens with one attached hydrogen (secondary N) is 1. The van der Waals surface area contributed by atoms with Gasteiger partial charge in [-0.25, -0.2) is 0 Å². The molecule has 20 heavy (non-hydrogen) atoms. The molecule has 112 valence electrons. The van der Waals surface area contributed by atoms with Crippen molar-refractivity contribution in [3.63, 3.8) is 0 Å². The highest BCUT2D eigenvalue weighted by atomic mass is 16.5. The van der Waals surface area contributed by atoms with Crippen LogP contribution < -0.4 is 10.4 Å². The van der Waals surface area contributed by atoms with E-state index in [9.17, 15) is 14.7 Å². The Kier molecular flexibility index (Phi) is 3.71. The normalized spacial score (nSPS) is 40.8. The average Bonchev–Trinajstić information content (AvgIpc) is 3.13. The van der Waals surface area contributed by atoms with E-state index in [-0.39, 0.29) is 29.9 Å². The molecule has 2 aliphatic carbocycles. The van der Waals surface area contributed by atoms with Crippen LogP contribution in [0.4, 0.5) is 0 Å². The predicted octanol–water partition coefficient (Wildman–Crippen LogP) is 0.0823. The Morgan fingerprint density at radius 3 is 2.50 bits per heavy atom. The van der Waals surface area contributed by atoms with E-state index >= 15 is 0 Å². The van der Waals surface area contributed by atoms with Crippen molar-refractivity contribution < 1.29 is 19.4 Å². The van der Waals surface area contributed by atoms with Crippen LogP contribution in [-0.2, 0) is 14.3 Å². The molecule has 1 amide bonds. The number of ether oxygens (including phenoxy) is 1. The van der Waals surface area contributed by atoms with Gasteiger partial charge in [-0.1, -0.05) is 0 Å². The van der Waals surface area contributed by atoms with Gasteiger partial charge in [-0.2, -0.15) is 0 Å². The number of carbonyl (C=O) groups is 2. The van der Waals surface area contributed by atoms with Crippen molar-refractivity contribution in [2.24, 2.45) is 23.7 Å². The number of hydrogen-bond donors (Lipinski definition) is 1. The van der Waals surface area contributed by atoms with Crippen LogP contribution in [0, 0.1) is 23.7 Å². The van der Waals surface area contributed by atoms with Gasteiger partial charge in [-0.05, 0) is 50.9 Å². The Labute approximate surface area is 119 Å². The second-order valence-electron chi connectivity index (χ2n) is 6.55. The Hall–Kier alpha value is -1.10. The van der Waals surface area contributed by atoms with Crippen molar-refractivity contribution in [1.29, 1.82) is 0 Å². The van der Waals surface area contributed by atoms with Gasteiger partial charge in [0.2, 0.25) is 5.91 Å². The standard InChI is InChI=1S/C15H23NO4/c1-8(11-3-2-6-20-11)16-14(17)12-9-4-5-10(7-9)13(12)15(18)19/h8-13H,2-7H2,1H3,(H,16,17)(H,18,19)/p-1/t8-,9+,10+,11+,12-,13+/m1/s1. The highest BCUT2D eigenvalue weighted by Crippen LogP contribution is 2.52. The molecule has 0 radical (unpaired) electrons. The van der Waals surface area contributed by atoms with Crippen LogP contribution in [0.5, 0.6) is 0 Å². The first-order valence-electron chi connectivity index (χ1n) is 7.70. The van der Waals surface area contributed by atoms with Gasteiger partial charge < -0.3 is 20.0 Å². The van der Waals surface area contributed by atoms with Crippen LogP contribution in [0.1, 0.15) is 39.0 Å². The Morgan fingerprint density at radius 2 is 1.90 bits per heavy atom. The lowest BCUT2D eigenvalue weighted by Gasteiger charge is -2.32. The summed E-state index contributed by atoms with van der Waals surface area (Å²) in [5.41, 5.74) is 0. The minimum atomic E-state index is -1.05. The van der Waals surface area contributed by atoms with Crippen LogP contribution in [-0.4, -0.2) is 30.6 Å². The van der Waals surface area contributed by atoms with Crippen LogP contribution in [0.3, 0.4) is 0 Å². The summed E-state index contributed by atoms with van der Waals surface area (Å²) in [6.45, 7) is 2.69. The molecule has 2 saturated carbocycles. The average molecular weight is 280 g/mol. The number of amides is 1. The lowest BCUT2D eigenvalue weighted by atomic mass is 9.78. The summed E-state index contributed by atoms with van der Waals surface area (Å²) in [6, 6.07) is -0.0495. The summed E-state index contributed by atoms with van der Waals surface area (Å²) >= 11 is 0. The van der Waals surface area contributed by atoms with Crippen molar-refractivity contribution in [3.8, 4) is 0 Å². The second kappa shape index (κ2) is 5.35. The molecule has 0 spiro atoms. The maximum atomic E-state index is 12.5. The molecule has 3 rings (SSSR count). The van der Waals surface area contributed by atoms with E-state index in [0.717, 1.165) is 38.7 Å². The van der Waals surface area contributed by atoms with Gasteiger partial charge in [0.05, 0.1) is 12.1 Å². The van der Waals surface area contributed by atoms with Crippen molar-refractivity contribution in [3.05, 3.63) is 0 Å². The molecule has 0 aromatic carbocycles. The van der Waals surface area contributed by atoms with E-state index in [1.807, 2.05) is 6.92 Å². The SMILES string of the molecule is C[C@@H](NC(=O)[C@@H]1[C@H]2CC[C@@H](C2)[C@@H]1C(=O)[O-])[C@@H]1CCCO1. The summed E-state index contributed by atoms with van der Waals surface area (Å²) in [7, 11) is 0. The van der Waals surface area contributed by atoms with E-state index in [4.69, 9.17) is 4.74 Å². The maximum Gasteiger partial charge on any atom is 0.224 e. The van der Waals surface area contributed by atoms with Crippen LogP contribution in [0.25, 0.3) is 0 Å². The molecule has 2 bridgehead atoms. The molecule has 1 N–H and O–H groups in total. The second-order valence-corrected chi connectivity index (χ2v) is 6.55. The zero-order valence-corrected chi connectivity index (χ0v) is 11.8. The molecule has 3 aliphatic rings. The van der Waals surface area contributed by atoms with Crippen molar-refractivity contribution in [1.82, 2.24) is 5.32 Å². The van der Waals surface area contributed by atoms with Crippen molar-refractivity contribution in [2.75, 3.05) is 6.61 Å². The number of carboxylic acids is 1. The van der Waals surface area contributed by atoms with E-state index in [1.54, 1.807) is 0 Å². The highest BCUT2D eigenvalue weighted by Gasteiger charge is 2.51. The summed E-state index contributed by atoms with van der Waals surface area (Å²) in [6.07, 6.45) is 4.82. The number of hydrogen-bond acceptors (Lipinski definition) is 4. The lowest BCUT2D eigenvalue weighted by Crippen LogP contribution is -2.49. The molecule has 3 fully saturated rings. The minimum Gasteiger partial charge on any atom is -0.550 e. The van der Waals surface area contributed by atoms with Crippen LogP contribution >= 0.6 is 0 Å². The third kappa shape index (κ3) is 2.32. The number of fused-ring (bicyclic) bond motifs is 2. The van der Waals surface area contributed by atoms with E-state index in [1.165, 1.54) is 0 Å². The molecule has 0 aromatic heterocycles. The number of rotatable bonds is 4. The number of carbonyl (C=O) groups excluding carboxylic acids is 2. The molecular weight excluding hydrogens is 258 g/mol. The van der Waals surface area contributed by atoms with Gasteiger partial charge in [0.15, 0.2) is 0 Å². The minimum absolute atomic E-state index is 0.0495. The summed E-state index contributed by atoms with van der Waals surface area (Å²) in [5.74, 6) is -1.80. The van der Waals surface area contributed by atoms with Crippen LogP contribution in [0.2, 0.25) is 0 Å². The van der Waals surface area contributed by atoms with Gasteiger partial charge in [-0.15, -0.1) is 0 Å². The Bertz CT molecular complexity index is 405. The molecule has 1 aliphatic heterocycles. The molecule has 5 heteroatoms. The molecule has 1 heterocycles. The first-order valence-corrected chi connectivity index (χ1v) is 7.70. The van der Waals surface area contributed by atoms with Gasteiger partial charge in [0.1, 0.15) is 0 Å². The van der Waals surface area contributed by atoms with Gasteiger partial charge in [0, 0.05) is 24.4 Å². The molecule has 0 aromatic rings. The fourth-order valence-electron chi connectivity index (χ4n) is 4.42. The molecule has 5 nitrogen and oxygen atoms in total. The largest absolute Gasteiger partial charge is 0.550 e. The smallest absolute Gasteiger partial charge is 0.224 e. The number of aliphatic carboxylic acids is 1. The van der Waals surface area contributed by atoms with Crippen molar-refractivity contribution >= 4 is 11.9 Å². The third-order valence-electron chi connectivity index (χ3n) is 5.38. The monoisotopic (exact) mass is 280 g/mol. The summed E-state index contributed by atoms with van der Waals surface area (Å²) in [5, 5.41) is 14.3. The molecule has 0 unspecified atom stereocenters. The van der Waals surface area contributed by atoms with Crippen molar-refractivity contribution in [2.45, 2.75) is 51.2 Å². The quantitative estimate of drug-likeness (QED) is 0.791. The first-order chi connectivity index (χ1) is 9.58.